The predicted octanol–water partition coefficient (Wildman–Crippen LogP) is 4.57. The molecule has 1 aliphatic carbocycles. The van der Waals surface area contributed by atoms with Crippen LogP contribution in [0.25, 0.3) is 0 Å². The Morgan fingerprint density at radius 2 is 1.93 bits per heavy atom. The molecule has 4 atom stereocenters. The van der Waals surface area contributed by atoms with E-state index in [2.05, 4.69) is 6.58 Å². The summed E-state index contributed by atoms with van der Waals surface area (Å²) >= 11 is 0. The van der Waals surface area contributed by atoms with Crippen LogP contribution in [0.4, 0.5) is 0 Å². The first-order chi connectivity index (χ1) is 14.0. The molecule has 0 aromatic carbocycles. The molecule has 0 aromatic heterocycles. The van der Waals surface area contributed by atoms with Gasteiger partial charge in [-0.15, -0.1) is 0 Å². The summed E-state index contributed by atoms with van der Waals surface area (Å²) in [6.07, 6.45) is 8.06. The first-order valence-corrected chi connectivity index (χ1v) is 10.3. The van der Waals surface area contributed by atoms with Gasteiger partial charge >= 0.3 is 11.9 Å². The van der Waals surface area contributed by atoms with E-state index in [9.17, 15) is 14.4 Å². The van der Waals surface area contributed by atoms with Gasteiger partial charge in [-0.2, -0.15) is 0 Å². The van der Waals surface area contributed by atoms with Gasteiger partial charge in [0.25, 0.3) is 0 Å². The first kappa shape index (κ1) is 23.6. The van der Waals surface area contributed by atoms with Crippen molar-refractivity contribution in [2.75, 3.05) is 0 Å². The second kappa shape index (κ2) is 9.92. The first-order valence-electron chi connectivity index (χ1n) is 10.3. The molecule has 0 N–H and O–H groups in total. The number of Topliss-reactive ketones (excluding diaryl/α,β-unsaturated/α-hetero) is 1. The predicted molar refractivity (Wildman–Crippen MR) is 113 cm³/mol. The average molecular weight is 417 g/mol. The fourth-order valence-corrected chi connectivity index (χ4v) is 3.99. The monoisotopic (exact) mass is 416 g/mol. The molecule has 4 unspecified atom stereocenters. The van der Waals surface area contributed by atoms with Crippen LogP contribution >= 0.6 is 0 Å². The van der Waals surface area contributed by atoms with Crippen LogP contribution in [0.2, 0.25) is 0 Å². The Balaban J connectivity index is 2.42. The van der Waals surface area contributed by atoms with Crippen LogP contribution in [0.1, 0.15) is 60.3 Å². The Kier molecular flexibility index (Phi) is 7.82. The third-order valence-corrected chi connectivity index (χ3v) is 5.41. The highest BCUT2D eigenvalue weighted by atomic mass is 16.7. The number of fused-ring (bicyclic) bond motifs is 1. The number of allylic oxidation sites excluding steroid dienone is 4. The van der Waals surface area contributed by atoms with Gasteiger partial charge in [-0.3, -0.25) is 14.4 Å². The van der Waals surface area contributed by atoms with Crippen molar-refractivity contribution in [1.29, 1.82) is 0 Å². The van der Waals surface area contributed by atoms with Gasteiger partial charge in [-0.25, -0.2) is 0 Å². The highest BCUT2D eigenvalue weighted by molar-refractivity contribution is 5.96. The molecule has 2 aliphatic rings. The number of esters is 2. The molecule has 164 valence electrons. The Morgan fingerprint density at radius 1 is 1.23 bits per heavy atom. The van der Waals surface area contributed by atoms with E-state index in [1.807, 2.05) is 39.0 Å². The van der Waals surface area contributed by atoms with E-state index in [4.69, 9.17) is 14.2 Å². The second-order valence-electron chi connectivity index (χ2n) is 8.44. The summed E-state index contributed by atoms with van der Waals surface area (Å²) in [6, 6.07) is 0. The lowest BCUT2D eigenvalue weighted by Crippen LogP contribution is -2.40. The molecule has 30 heavy (non-hydrogen) atoms. The van der Waals surface area contributed by atoms with Crippen LogP contribution in [0.5, 0.6) is 0 Å². The Bertz CT molecular complexity index is 799. The molecule has 6 heteroatoms. The normalized spacial score (nSPS) is 28.5. The van der Waals surface area contributed by atoms with Gasteiger partial charge in [-0.05, 0) is 46.1 Å². The number of carbonyl (C=O) groups is 3. The van der Waals surface area contributed by atoms with Crippen LogP contribution in [0.15, 0.2) is 47.8 Å². The number of hydrogen-bond acceptors (Lipinski definition) is 6. The van der Waals surface area contributed by atoms with Crippen molar-refractivity contribution in [3.8, 4) is 0 Å². The largest absolute Gasteiger partial charge is 0.461 e. The van der Waals surface area contributed by atoms with Crippen molar-refractivity contribution in [2.24, 2.45) is 11.8 Å². The minimum atomic E-state index is -0.841. The number of ketones is 1. The van der Waals surface area contributed by atoms with E-state index < -0.39 is 17.9 Å². The Hall–Kier alpha value is -2.63. The maximum Gasteiger partial charge on any atom is 0.305 e. The fraction of sp³-hybridized carbons (Fsp3) is 0.542. The van der Waals surface area contributed by atoms with Crippen LogP contribution in [-0.4, -0.2) is 29.6 Å². The minimum absolute atomic E-state index is 0.0401. The molecule has 2 rings (SSSR count). The Morgan fingerprint density at radius 3 is 2.53 bits per heavy atom. The van der Waals surface area contributed by atoms with Gasteiger partial charge in [0, 0.05) is 31.8 Å². The van der Waals surface area contributed by atoms with Crippen LogP contribution in [0, 0.1) is 11.8 Å². The van der Waals surface area contributed by atoms with Crippen LogP contribution in [0.3, 0.4) is 0 Å². The SMILES string of the molecule is C=C1CC=CC(C)(OC(C)=O)CCC2C(C(=O)CC=C(C)C)=COC(OC(C)=O)C12. The zero-order valence-corrected chi connectivity index (χ0v) is 18.5. The van der Waals surface area contributed by atoms with Gasteiger partial charge in [0.05, 0.1) is 12.2 Å². The Labute approximate surface area is 178 Å². The smallest absolute Gasteiger partial charge is 0.305 e. The molecular weight excluding hydrogens is 384 g/mol. The van der Waals surface area contributed by atoms with Crippen molar-refractivity contribution >= 4 is 17.7 Å². The van der Waals surface area contributed by atoms with Gasteiger partial charge in [-0.1, -0.05) is 29.9 Å². The second-order valence-corrected chi connectivity index (χ2v) is 8.44. The van der Waals surface area contributed by atoms with E-state index in [0.717, 1.165) is 11.1 Å². The van der Waals surface area contributed by atoms with E-state index in [0.29, 0.717) is 24.8 Å². The maximum absolute atomic E-state index is 13.0. The van der Waals surface area contributed by atoms with Crippen molar-refractivity contribution in [3.05, 3.63) is 47.8 Å². The highest BCUT2D eigenvalue weighted by Crippen LogP contribution is 2.43. The van der Waals surface area contributed by atoms with Crippen molar-refractivity contribution in [3.63, 3.8) is 0 Å². The molecule has 0 saturated heterocycles. The summed E-state index contributed by atoms with van der Waals surface area (Å²) < 4.78 is 16.7. The molecule has 6 nitrogen and oxygen atoms in total. The van der Waals surface area contributed by atoms with Gasteiger partial charge in [0.2, 0.25) is 6.29 Å². The van der Waals surface area contributed by atoms with Crippen molar-refractivity contribution < 1.29 is 28.6 Å². The number of hydrogen-bond donors (Lipinski definition) is 0. The summed E-state index contributed by atoms with van der Waals surface area (Å²) in [4.78, 5) is 36.2. The summed E-state index contributed by atoms with van der Waals surface area (Å²) in [7, 11) is 0. The molecule has 0 fully saturated rings. The molecule has 0 amide bonds. The quantitative estimate of drug-likeness (QED) is 0.483. The molecule has 0 saturated carbocycles. The molecule has 0 spiro atoms. The average Bonchev–Trinajstić information content (AvgIpc) is 2.68. The zero-order chi connectivity index (χ0) is 22.5. The molecule has 1 heterocycles. The molecular formula is C24H32O6. The third kappa shape index (κ3) is 6.18. The number of rotatable bonds is 5. The third-order valence-electron chi connectivity index (χ3n) is 5.41. The summed E-state index contributed by atoms with van der Waals surface area (Å²) in [5.41, 5.74) is 1.62. The maximum atomic E-state index is 13.0. The number of ether oxygens (including phenoxy) is 3. The van der Waals surface area contributed by atoms with E-state index in [-0.39, 0.29) is 30.0 Å². The van der Waals surface area contributed by atoms with Crippen LogP contribution in [-0.2, 0) is 28.6 Å². The molecule has 0 bridgehead atoms. The minimum Gasteiger partial charge on any atom is -0.461 e. The van der Waals surface area contributed by atoms with Gasteiger partial charge in [0.1, 0.15) is 5.60 Å². The standard InChI is InChI=1S/C24H32O6/c1-15(2)9-10-21(27)20-14-28-23(29-17(4)25)22-16(3)8-7-12-24(6,30-18(5)26)13-11-19(20)22/h7,9,12,14,19,22-23H,3,8,10-11,13H2,1-2,4-6H3. The molecule has 1 aliphatic heterocycles. The lowest BCUT2D eigenvalue weighted by molar-refractivity contribution is -0.180. The lowest BCUT2D eigenvalue weighted by Gasteiger charge is -2.38. The van der Waals surface area contributed by atoms with E-state index >= 15 is 0 Å². The summed E-state index contributed by atoms with van der Waals surface area (Å²) in [5.74, 6) is -1.49. The van der Waals surface area contributed by atoms with E-state index in [1.165, 1.54) is 20.1 Å². The van der Waals surface area contributed by atoms with Gasteiger partial charge < -0.3 is 14.2 Å². The zero-order valence-electron chi connectivity index (χ0n) is 18.5. The number of carbonyl (C=O) groups excluding carboxylic acids is 3. The van der Waals surface area contributed by atoms with E-state index in [1.54, 1.807) is 0 Å². The van der Waals surface area contributed by atoms with Crippen molar-refractivity contribution in [1.82, 2.24) is 0 Å². The van der Waals surface area contributed by atoms with Crippen molar-refractivity contribution in [2.45, 2.75) is 72.2 Å². The summed E-state index contributed by atoms with van der Waals surface area (Å²) in [6.45, 7) is 12.6. The summed E-state index contributed by atoms with van der Waals surface area (Å²) in [5, 5.41) is 0. The molecule has 0 radical (unpaired) electrons. The highest BCUT2D eigenvalue weighted by Gasteiger charge is 2.43. The molecule has 0 aromatic rings. The fourth-order valence-electron chi connectivity index (χ4n) is 3.99. The topological polar surface area (TPSA) is 78.9 Å². The van der Waals surface area contributed by atoms with Gasteiger partial charge in [0.15, 0.2) is 5.78 Å². The lowest BCUT2D eigenvalue weighted by atomic mass is 9.74. The van der Waals surface area contributed by atoms with Crippen LogP contribution < -0.4 is 0 Å².